The number of hydrogen-bond donors (Lipinski definition) is 1. The van der Waals surface area contributed by atoms with Gasteiger partial charge in [-0.1, -0.05) is 30.7 Å². The second-order valence-corrected chi connectivity index (χ2v) is 8.22. The number of carbonyl (C=O) groups excluding carboxylic acids is 1. The Bertz CT molecular complexity index is 863. The smallest absolute Gasteiger partial charge is 0.254 e. The predicted octanol–water partition coefficient (Wildman–Crippen LogP) is 4.17. The number of likely N-dealkylation sites (tertiary alicyclic amines) is 1. The minimum Gasteiger partial charge on any atom is -0.374 e. The molecule has 0 radical (unpaired) electrons. The number of amides is 1. The molecule has 2 aliphatic heterocycles. The summed E-state index contributed by atoms with van der Waals surface area (Å²) in [7, 11) is 2.15. The summed E-state index contributed by atoms with van der Waals surface area (Å²) in [5.41, 5.74) is 4.05. The normalized spacial score (nSPS) is 18.2. The fourth-order valence-corrected chi connectivity index (χ4v) is 4.63. The summed E-state index contributed by atoms with van der Waals surface area (Å²) in [4.78, 5) is 17.4. The molecule has 2 aromatic carbocycles. The van der Waals surface area contributed by atoms with Gasteiger partial charge in [-0.2, -0.15) is 0 Å². The molecule has 1 saturated heterocycles. The molecule has 154 valence electrons. The van der Waals surface area contributed by atoms with E-state index in [1.165, 1.54) is 54.6 Å². The van der Waals surface area contributed by atoms with E-state index in [-0.39, 0.29) is 17.5 Å². The van der Waals surface area contributed by atoms with Gasteiger partial charge in [0.25, 0.3) is 5.91 Å². The van der Waals surface area contributed by atoms with Crippen LogP contribution < -0.4 is 10.2 Å². The second kappa shape index (κ2) is 8.95. The Morgan fingerprint density at radius 1 is 1.07 bits per heavy atom. The van der Waals surface area contributed by atoms with E-state index in [1.54, 1.807) is 12.1 Å². The topological polar surface area (TPSA) is 35.6 Å². The van der Waals surface area contributed by atoms with Gasteiger partial charge < -0.3 is 10.2 Å². The van der Waals surface area contributed by atoms with Crippen LogP contribution in [0.15, 0.2) is 42.5 Å². The number of nitrogens with zero attached hydrogens (tertiary/aromatic N) is 2. The van der Waals surface area contributed by atoms with Crippen molar-refractivity contribution >= 4 is 11.6 Å². The first-order chi connectivity index (χ1) is 14.1. The lowest BCUT2D eigenvalue weighted by atomic mass is 9.95. The summed E-state index contributed by atoms with van der Waals surface area (Å²) in [5.74, 6) is -0.820. The summed E-state index contributed by atoms with van der Waals surface area (Å²) < 4.78 is 14.0. The van der Waals surface area contributed by atoms with Gasteiger partial charge in [0.15, 0.2) is 0 Å². The molecule has 0 aromatic heterocycles. The van der Waals surface area contributed by atoms with E-state index in [4.69, 9.17) is 0 Å². The Morgan fingerprint density at radius 2 is 1.86 bits per heavy atom. The summed E-state index contributed by atoms with van der Waals surface area (Å²) in [5, 5.41) is 2.99. The van der Waals surface area contributed by atoms with Crippen molar-refractivity contribution in [2.24, 2.45) is 0 Å². The lowest BCUT2D eigenvalue weighted by molar-refractivity contribution is 0.0920. The highest BCUT2D eigenvalue weighted by Gasteiger charge is 2.25. The van der Waals surface area contributed by atoms with Crippen molar-refractivity contribution in [3.8, 4) is 0 Å². The number of aryl methyl sites for hydroxylation is 1. The molecule has 0 saturated carbocycles. The Balaban J connectivity index is 1.55. The molecule has 1 amide bonds. The van der Waals surface area contributed by atoms with E-state index in [1.807, 2.05) is 0 Å². The number of anilines is 1. The van der Waals surface area contributed by atoms with Gasteiger partial charge in [0.2, 0.25) is 0 Å². The average Bonchev–Trinajstić information content (AvgIpc) is 2.75. The molecule has 29 heavy (non-hydrogen) atoms. The van der Waals surface area contributed by atoms with E-state index in [9.17, 15) is 9.18 Å². The minimum atomic E-state index is -0.476. The van der Waals surface area contributed by atoms with E-state index in [0.717, 1.165) is 26.1 Å². The van der Waals surface area contributed by atoms with Crippen molar-refractivity contribution in [1.82, 2.24) is 10.2 Å². The molecule has 0 aliphatic carbocycles. The van der Waals surface area contributed by atoms with Crippen molar-refractivity contribution in [1.29, 1.82) is 0 Å². The number of hydrogen-bond acceptors (Lipinski definition) is 3. The fraction of sp³-hybridized carbons (Fsp3) is 0.458. The van der Waals surface area contributed by atoms with Gasteiger partial charge in [-0.3, -0.25) is 9.69 Å². The van der Waals surface area contributed by atoms with Crippen LogP contribution in [-0.4, -0.2) is 44.0 Å². The van der Waals surface area contributed by atoms with E-state index >= 15 is 0 Å². The molecule has 2 aliphatic rings. The largest absolute Gasteiger partial charge is 0.374 e. The molecular formula is C24H30FN3O. The number of fused-ring (bicyclic) bond motifs is 1. The van der Waals surface area contributed by atoms with Gasteiger partial charge in [0.1, 0.15) is 5.82 Å². The number of piperidine rings is 1. The van der Waals surface area contributed by atoms with Crippen LogP contribution >= 0.6 is 0 Å². The Kier molecular flexibility index (Phi) is 6.14. The first kappa shape index (κ1) is 19.9. The SMILES string of the molecule is CN1CCCc2cc(C(CNC(=O)c3ccccc3F)N3CCCCC3)ccc21. The van der Waals surface area contributed by atoms with Crippen LogP contribution in [0.2, 0.25) is 0 Å². The zero-order valence-corrected chi connectivity index (χ0v) is 17.2. The number of halogens is 1. The highest BCUT2D eigenvalue weighted by molar-refractivity contribution is 5.94. The molecule has 2 aromatic rings. The number of carbonyl (C=O) groups is 1. The lowest BCUT2D eigenvalue weighted by Crippen LogP contribution is -2.41. The fourth-order valence-electron chi connectivity index (χ4n) is 4.63. The molecule has 1 N–H and O–H groups in total. The maximum atomic E-state index is 14.0. The van der Waals surface area contributed by atoms with Crippen LogP contribution in [0.4, 0.5) is 10.1 Å². The molecule has 1 fully saturated rings. The van der Waals surface area contributed by atoms with Crippen LogP contribution in [0.5, 0.6) is 0 Å². The number of benzene rings is 2. The third-order valence-corrected chi connectivity index (χ3v) is 6.25. The average molecular weight is 396 g/mol. The van der Waals surface area contributed by atoms with Crippen LogP contribution in [0.3, 0.4) is 0 Å². The molecule has 4 nitrogen and oxygen atoms in total. The third-order valence-electron chi connectivity index (χ3n) is 6.25. The molecule has 5 heteroatoms. The first-order valence-corrected chi connectivity index (χ1v) is 10.7. The van der Waals surface area contributed by atoms with Crippen molar-refractivity contribution < 1.29 is 9.18 Å². The monoisotopic (exact) mass is 395 g/mol. The van der Waals surface area contributed by atoms with Gasteiger partial charge in [-0.05, 0) is 68.1 Å². The van der Waals surface area contributed by atoms with Crippen molar-refractivity contribution in [2.45, 2.75) is 38.1 Å². The van der Waals surface area contributed by atoms with E-state index in [2.05, 4.69) is 40.4 Å². The van der Waals surface area contributed by atoms with E-state index < -0.39 is 5.82 Å². The van der Waals surface area contributed by atoms with Gasteiger partial charge >= 0.3 is 0 Å². The van der Waals surface area contributed by atoms with Crippen LogP contribution in [0, 0.1) is 5.82 Å². The molecule has 0 bridgehead atoms. The zero-order valence-electron chi connectivity index (χ0n) is 17.2. The Hall–Kier alpha value is -2.40. The standard InChI is InChI=1S/C24H30FN3O/c1-27-13-7-8-18-16-19(11-12-22(18)27)23(28-14-5-2-6-15-28)17-26-24(29)20-9-3-4-10-21(20)25/h3-4,9-12,16,23H,2,5-8,13-15,17H2,1H3,(H,26,29). The molecular weight excluding hydrogens is 365 g/mol. The van der Waals surface area contributed by atoms with Gasteiger partial charge in [-0.25, -0.2) is 4.39 Å². The van der Waals surface area contributed by atoms with Crippen LogP contribution in [0.1, 0.15) is 53.2 Å². The van der Waals surface area contributed by atoms with Gasteiger partial charge in [0, 0.05) is 25.8 Å². The van der Waals surface area contributed by atoms with Crippen molar-refractivity contribution in [3.63, 3.8) is 0 Å². The van der Waals surface area contributed by atoms with Crippen molar-refractivity contribution in [3.05, 3.63) is 65.0 Å². The molecule has 4 rings (SSSR count). The second-order valence-electron chi connectivity index (χ2n) is 8.22. The molecule has 1 atom stereocenters. The Morgan fingerprint density at radius 3 is 2.66 bits per heavy atom. The minimum absolute atomic E-state index is 0.108. The highest BCUT2D eigenvalue weighted by atomic mass is 19.1. The highest BCUT2D eigenvalue weighted by Crippen LogP contribution is 2.31. The van der Waals surface area contributed by atoms with Crippen molar-refractivity contribution in [2.75, 3.05) is 38.1 Å². The molecule has 2 heterocycles. The maximum absolute atomic E-state index is 14.0. The quantitative estimate of drug-likeness (QED) is 0.826. The Labute approximate surface area is 172 Å². The third kappa shape index (κ3) is 4.45. The van der Waals surface area contributed by atoms with Crippen LogP contribution in [0.25, 0.3) is 0 Å². The molecule has 1 unspecified atom stereocenters. The lowest BCUT2D eigenvalue weighted by Gasteiger charge is -2.36. The number of nitrogens with one attached hydrogen (secondary N) is 1. The van der Waals surface area contributed by atoms with Gasteiger partial charge in [0.05, 0.1) is 11.6 Å². The summed E-state index contributed by atoms with van der Waals surface area (Å²) in [6.45, 7) is 3.66. The maximum Gasteiger partial charge on any atom is 0.254 e. The molecule has 0 spiro atoms. The van der Waals surface area contributed by atoms with Crippen LogP contribution in [-0.2, 0) is 6.42 Å². The first-order valence-electron chi connectivity index (χ1n) is 10.7. The summed E-state index contributed by atoms with van der Waals surface area (Å²) in [6, 6.07) is 13.0. The predicted molar refractivity (Wildman–Crippen MR) is 115 cm³/mol. The zero-order chi connectivity index (χ0) is 20.2. The summed E-state index contributed by atoms with van der Waals surface area (Å²) >= 11 is 0. The summed E-state index contributed by atoms with van der Waals surface area (Å²) in [6.07, 6.45) is 5.91. The number of rotatable bonds is 5. The van der Waals surface area contributed by atoms with Gasteiger partial charge in [-0.15, -0.1) is 0 Å². The van der Waals surface area contributed by atoms with E-state index in [0.29, 0.717) is 6.54 Å².